The Balaban J connectivity index is 1.58. The van der Waals surface area contributed by atoms with Crippen LogP contribution in [0.3, 0.4) is 0 Å². The molecule has 0 bridgehead atoms. The van der Waals surface area contributed by atoms with Crippen molar-refractivity contribution in [1.82, 2.24) is 4.90 Å². The van der Waals surface area contributed by atoms with Crippen LogP contribution >= 0.6 is 0 Å². The summed E-state index contributed by atoms with van der Waals surface area (Å²) in [5, 5.41) is 10.5. The van der Waals surface area contributed by atoms with Gasteiger partial charge in [-0.05, 0) is 17.5 Å². The van der Waals surface area contributed by atoms with Crippen LogP contribution in [-0.2, 0) is 11.3 Å². The van der Waals surface area contributed by atoms with Gasteiger partial charge < -0.3 is 9.84 Å². The molecule has 0 radical (unpaired) electrons. The number of benzene rings is 2. The van der Waals surface area contributed by atoms with Crippen molar-refractivity contribution in [3.63, 3.8) is 0 Å². The minimum Gasteiger partial charge on any atom is -0.386 e. The zero-order valence-electron chi connectivity index (χ0n) is 12.8. The maximum atomic E-state index is 10.5. The van der Waals surface area contributed by atoms with E-state index in [2.05, 4.69) is 29.2 Å². The summed E-state index contributed by atoms with van der Waals surface area (Å²) >= 11 is 0. The van der Waals surface area contributed by atoms with Gasteiger partial charge in [0, 0.05) is 19.6 Å². The SMILES string of the molecule is O[C@@H](c1ccccc1)[C@H]1CCN(Cc2ccccc2)CCO1. The first-order valence-corrected chi connectivity index (χ1v) is 7.94. The first-order valence-electron chi connectivity index (χ1n) is 7.94. The summed E-state index contributed by atoms with van der Waals surface area (Å²) in [5.41, 5.74) is 2.26. The van der Waals surface area contributed by atoms with Gasteiger partial charge >= 0.3 is 0 Å². The van der Waals surface area contributed by atoms with Crippen LogP contribution in [0.4, 0.5) is 0 Å². The third-order valence-electron chi connectivity index (χ3n) is 4.21. The molecule has 0 unspecified atom stereocenters. The van der Waals surface area contributed by atoms with E-state index in [1.807, 2.05) is 36.4 Å². The third kappa shape index (κ3) is 3.95. The highest BCUT2D eigenvalue weighted by molar-refractivity contribution is 5.18. The molecular formula is C19H23NO2. The number of ether oxygens (including phenoxy) is 1. The van der Waals surface area contributed by atoms with Crippen LogP contribution in [0, 0.1) is 0 Å². The lowest BCUT2D eigenvalue weighted by Crippen LogP contribution is -2.26. The van der Waals surface area contributed by atoms with E-state index in [1.54, 1.807) is 0 Å². The first-order chi connectivity index (χ1) is 10.8. The summed E-state index contributed by atoms with van der Waals surface area (Å²) < 4.78 is 5.90. The van der Waals surface area contributed by atoms with Crippen molar-refractivity contribution in [3.05, 3.63) is 71.8 Å². The van der Waals surface area contributed by atoms with Crippen molar-refractivity contribution in [3.8, 4) is 0 Å². The Morgan fingerprint density at radius 2 is 1.68 bits per heavy atom. The standard InChI is InChI=1S/C19H23NO2/c21-19(17-9-5-2-6-10-17)18-11-12-20(13-14-22-18)15-16-7-3-1-4-8-16/h1-10,18-19,21H,11-15H2/t18-,19+/m1/s1. The van der Waals surface area contributed by atoms with Gasteiger partial charge in [-0.1, -0.05) is 60.7 Å². The molecule has 1 aliphatic rings. The Morgan fingerprint density at radius 3 is 2.41 bits per heavy atom. The van der Waals surface area contributed by atoms with E-state index in [0.717, 1.165) is 31.6 Å². The Kier molecular flexibility index (Phi) is 5.22. The molecule has 0 spiro atoms. The quantitative estimate of drug-likeness (QED) is 0.941. The maximum absolute atomic E-state index is 10.5. The molecule has 0 amide bonds. The van der Waals surface area contributed by atoms with Gasteiger partial charge in [0.05, 0.1) is 12.7 Å². The smallest absolute Gasteiger partial charge is 0.105 e. The summed E-state index contributed by atoms with van der Waals surface area (Å²) in [6.07, 6.45) is 0.184. The maximum Gasteiger partial charge on any atom is 0.105 e. The van der Waals surface area contributed by atoms with E-state index < -0.39 is 6.10 Å². The largest absolute Gasteiger partial charge is 0.386 e. The number of rotatable bonds is 4. The Bertz CT molecular complexity index is 558. The molecule has 0 aromatic heterocycles. The summed E-state index contributed by atoms with van der Waals surface area (Å²) in [5.74, 6) is 0. The van der Waals surface area contributed by atoms with Crippen molar-refractivity contribution in [2.45, 2.75) is 25.2 Å². The predicted molar refractivity (Wildman–Crippen MR) is 87.5 cm³/mol. The van der Waals surface area contributed by atoms with Gasteiger partial charge in [0.2, 0.25) is 0 Å². The van der Waals surface area contributed by atoms with Gasteiger partial charge in [-0.3, -0.25) is 4.90 Å². The molecule has 3 heteroatoms. The molecule has 1 aliphatic heterocycles. The summed E-state index contributed by atoms with van der Waals surface area (Å²) in [4.78, 5) is 2.40. The van der Waals surface area contributed by atoms with Crippen LogP contribution in [0.5, 0.6) is 0 Å². The number of hydrogen-bond donors (Lipinski definition) is 1. The highest BCUT2D eigenvalue weighted by Gasteiger charge is 2.25. The molecule has 3 nitrogen and oxygen atoms in total. The third-order valence-corrected chi connectivity index (χ3v) is 4.21. The fourth-order valence-electron chi connectivity index (χ4n) is 2.95. The molecule has 0 aliphatic carbocycles. The second kappa shape index (κ2) is 7.54. The molecule has 22 heavy (non-hydrogen) atoms. The second-order valence-electron chi connectivity index (χ2n) is 5.82. The van der Waals surface area contributed by atoms with Gasteiger partial charge in [-0.25, -0.2) is 0 Å². The average Bonchev–Trinajstić information content (AvgIpc) is 2.82. The lowest BCUT2D eigenvalue weighted by atomic mass is 10.0. The molecule has 2 atom stereocenters. The van der Waals surface area contributed by atoms with Crippen molar-refractivity contribution in [2.75, 3.05) is 19.7 Å². The minimum absolute atomic E-state index is 0.122. The predicted octanol–water partition coefficient (Wildman–Crippen LogP) is 3.01. The number of aliphatic hydroxyl groups excluding tert-OH is 1. The van der Waals surface area contributed by atoms with E-state index in [-0.39, 0.29) is 6.10 Å². The summed E-state index contributed by atoms with van der Waals surface area (Å²) in [7, 11) is 0. The van der Waals surface area contributed by atoms with Crippen molar-refractivity contribution < 1.29 is 9.84 Å². The summed E-state index contributed by atoms with van der Waals surface area (Å²) in [6.45, 7) is 3.47. The molecule has 0 saturated carbocycles. The molecule has 3 rings (SSSR count). The lowest BCUT2D eigenvalue weighted by molar-refractivity contribution is -0.0326. The zero-order chi connectivity index (χ0) is 15.2. The Labute approximate surface area is 132 Å². The van der Waals surface area contributed by atoms with Crippen LogP contribution in [-0.4, -0.2) is 35.8 Å². The second-order valence-corrected chi connectivity index (χ2v) is 5.82. The molecule has 1 heterocycles. The van der Waals surface area contributed by atoms with Crippen LogP contribution in [0.1, 0.15) is 23.7 Å². The molecule has 1 N–H and O–H groups in total. The number of aliphatic hydroxyl groups is 1. The fourth-order valence-corrected chi connectivity index (χ4v) is 2.95. The normalized spacial score (nSPS) is 21.2. The van der Waals surface area contributed by atoms with E-state index in [0.29, 0.717) is 6.61 Å². The summed E-state index contributed by atoms with van der Waals surface area (Å²) in [6, 6.07) is 20.3. The Morgan fingerprint density at radius 1 is 1.00 bits per heavy atom. The van der Waals surface area contributed by atoms with E-state index in [1.165, 1.54) is 5.56 Å². The number of nitrogens with zero attached hydrogens (tertiary/aromatic N) is 1. The topological polar surface area (TPSA) is 32.7 Å². The van der Waals surface area contributed by atoms with Gasteiger partial charge in [-0.2, -0.15) is 0 Å². The van der Waals surface area contributed by atoms with Crippen molar-refractivity contribution in [1.29, 1.82) is 0 Å². The highest BCUT2D eigenvalue weighted by atomic mass is 16.5. The van der Waals surface area contributed by atoms with E-state index in [9.17, 15) is 5.11 Å². The van der Waals surface area contributed by atoms with Crippen LogP contribution in [0.2, 0.25) is 0 Å². The Hall–Kier alpha value is -1.68. The van der Waals surface area contributed by atoms with Crippen molar-refractivity contribution >= 4 is 0 Å². The highest BCUT2D eigenvalue weighted by Crippen LogP contribution is 2.23. The van der Waals surface area contributed by atoms with Gasteiger partial charge in [0.1, 0.15) is 6.10 Å². The van der Waals surface area contributed by atoms with E-state index >= 15 is 0 Å². The molecule has 1 fully saturated rings. The van der Waals surface area contributed by atoms with Crippen molar-refractivity contribution in [2.24, 2.45) is 0 Å². The van der Waals surface area contributed by atoms with Gasteiger partial charge in [0.15, 0.2) is 0 Å². The fraction of sp³-hybridized carbons (Fsp3) is 0.368. The lowest BCUT2D eigenvalue weighted by Gasteiger charge is -2.22. The zero-order valence-corrected chi connectivity index (χ0v) is 12.8. The first kappa shape index (κ1) is 15.2. The van der Waals surface area contributed by atoms with Gasteiger partial charge in [-0.15, -0.1) is 0 Å². The molecule has 2 aromatic carbocycles. The van der Waals surface area contributed by atoms with Crippen LogP contribution in [0.15, 0.2) is 60.7 Å². The minimum atomic E-state index is -0.544. The average molecular weight is 297 g/mol. The number of hydrogen-bond acceptors (Lipinski definition) is 3. The van der Waals surface area contributed by atoms with Crippen LogP contribution in [0.25, 0.3) is 0 Å². The van der Waals surface area contributed by atoms with Crippen LogP contribution < -0.4 is 0 Å². The molecular weight excluding hydrogens is 274 g/mol. The molecule has 1 saturated heterocycles. The molecule has 2 aromatic rings. The van der Waals surface area contributed by atoms with Gasteiger partial charge in [0.25, 0.3) is 0 Å². The monoisotopic (exact) mass is 297 g/mol. The van der Waals surface area contributed by atoms with E-state index in [4.69, 9.17) is 4.74 Å². The molecule has 116 valence electrons.